The van der Waals surface area contributed by atoms with Crippen molar-refractivity contribution in [2.24, 2.45) is 5.92 Å². The van der Waals surface area contributed by atoms with Gasteiger partial charge in [-0.05, 0) is 6.92 Å². The van der Waals surface area contributed by atoms with E-state index in [1.165, 1.54) is 22.9 Å². The van der Waals surface area contributed by atoms with Crippen molar-refractivity contribution in [2.45, 2.75) is 30.7 Å². The number of aromatic nitrogens is 1. The van der Waals surface area contributed by atoms with Crippen molar-refractivity contribution in [3.05, 3.63) is 22.6 Å². The molecule has 0 aliphatic carbocycles. The van der Waals surface area contributed by atoms with Crippen LogP contribution in [0.15, 0.2) is 21.3 Å². The molecule has 3 atom stereocenters. The number of aliphatic hydroxyl groups is 1. The number of morpholine rings is 1. The first-order valence-corrected chi connectivity index (χ1v) is 11.4. The fourth-order valence-corrected chi connectivity index (χ4v) is 6.12. The summed E-state index contributed by atoms with van der Waals surface area (Å²) in [4.78, 5) is 46.5. The maximum Gasteiger partial charge on any atom is 0.353 e. The van der Waals surface area contributed by atoms with E-state index in [2.05, 4.69) is 4.98 Å². The Balaban J connectivity index is 1.20. The number of nitrogens with zero attached hydrogens (tertiary/aromatic N) is 4. The minimum Gasteiger partial charge on any atom is -0.477 e. The zero-order chi connectivity index (χ0) is 22.6. The van der Waals surface area contributed by atoms with Gasteiger partial charge < -0.3 is 34.1 Å². The minimum atomic E-state index is -1.12. The maximum atomic E-state index is 12.5. The van der Waals surface area contributed by atoms with Crippen LogP contribution in [0.2, 0.25) is 0 Å². The molecular weight excluding hydrogens is 440 g/mol. The van der Waals surface area contributed by atoms with Gasteiger partial charge in [-0.2, -0.15) is 4.98 Å². The molecule has 2 amide bonds. The first-order valence-electron chi connectivity index (χ1n) is 10.6. The van der Waals surface area contributed by atoms with E-state index in [-0.39, 0.29) is 34.5 Å². The number of thioether (sulfide) groups is 1. The van der Waals surface area contributed by atoms with E-state index in [0.717, 1.165) is 0 Å². The number of carboxylic acid groups (broad SMARTS) is 1. The highest BCUT2D eigenvalue weighted by Gasteiger charge is 2.57. The molecule has 0 radical (unpaired) electrons. The second-order valence-corrected chi connectivity index (χ2v) is 9.78. The molecule has 0 unspecified atom stereocenters. The SMILES string of the molecule is C[C@@H](O)[C@H]1C(=O)N2C(C(=O)O)=C(SC3CN(c4nc(C(=O)N5CCOCC5)co4)C3)C[C@H]12. The molecular formula is C20H24N4O7S. The predicted octanol–water partition coefficient (Wildman–Crippen LogP) is -0.0235. The summed E-state index contributed by atoms with van der Waals surface area (Å²) in [5.41, 5.74) is 0.298. The molecule has 0 bridgehead atoms. The summed E-state index contributed by atoms with van der Waals surface area (Å²) in [5.74, 6) is -2.18. The maximum absolute atomic E-state index is 12.5. The number of carboxylic acids is 1. The lowest BCUT2D eigenvalue weighted by Gasteiger charge is -2.44. The van der Waals surface area contributed by atoms with Gasteiger partial charge in [0.25, 0.3) is 11.9 Å². The molecule has 0 aromatic carbocycles. The van der Waals surface area contributed by atoms with Crippen molar-refractivity contribution in [3.63, 3.8) is 0 Å². The first kappa shape index (κ1) is 21.3. The van der Waals surface area contributed by atoms with Gasteiger partial charge in [-0.1, -0.05) is 0 Å². The standard InChI is InChI=1S/C20H24N4O7S/c1-10(25)15-13-6-14(16(19(28)29)24(13)18(15)27)32-11-7-23(8-11)20-21-12(9-31-20)17(26)22-2-4-30-5-3-22/h9-11,13,15,25H,2-8H2,1H3,(H,28,29)/t10-,13-,15-/m1/s1. The van der Waals surface area contributed by atoms with Gasteiger partial charge in [-0.15, -0.1) is 11.8 Å². The molecule has 0 spiro atoms. The van der Waals surface area contributed by atoms with Gasteiger partial charge in [-0.3, -0.25) is 9.59 Å². The Morgan fingerprint density at radius 1 is 1.28 bits per heavy atom. The van der Waals surface area contributed by atoms with Crippen molar-refractivity contribution in [3.8, 4) is 0 Å². The Hall–Kier alpha value is -2.57. The predicted molar refractivity (Wildman–Crippen MR) is 112 cm³/mol. The molecule has 0 saturated carbocycles. The number of carbonyl (C=O) groups excluding carboxylic acids is 2. The number of aliphatic hydroxyl groups excluding tert-OH is 1. The lowest BCUT2D eigenvalue weighted by Crippen LogP contribution is -2.61. The minimum absolute atomic E-state index is 0.0369. The molecule has 32 heavy (non-hydrogen) atoms. The summed E-state index contributed by atoms with van der Waals surface area (Å²) >= 11 is 1.45. The number of amides is 2. The number of hydrogen-bond donors (Lipinski definition) is 2. The number of hydrogen-bond acceptors (Lipinski definition) is 9. The van der Waals surface area contributed by atoms with Gasteiger partial charge in [0.1, 0.15) is 12.0 Å². The van der Waals surface area contributed by atoms with Gasteiger partial charge in [-0.25, -0.2) is 4.79 Å². The second-order valence-electron chi connectivity index (χ2n) is 8.39. The van der Waals surface area contributed by atoms with Crippen LogP contribution >= 0.6 is 11.8 Å². The highest BCUT2D eigenvalue weighted by atomic mass is 32.2. The summed E-state index contributed by atoms with van der Waals surface area (Å²) < 4.78 is 10.8. The normalized spacial score (nSPS) is 26.7. The summed E-state index contributed by atoms with van der Waals surface area (Å²) in [7, 11) is 0. The number of aliphatic carboxylic acids is 1. The van der Waals surface area contributed by atoms with Gasteiger partial charge in [0.05, 0.1) is 31.3 Å². The van der Waals surface area contributed by atoms with Crippen LogP contribution in [0.3, 0.4) is 0 Å². The highest BCUT2D eigenvalue weighted by Crippen LogP contribution is 2.48. The van der Waals surface area contributed by atoms with Crippen molar-refractivity contribution in [1.82, 2.24) is 14.8 Å². The average molecular weight is 465 g/mol. The van der Waals surface area contributed by atoms with E-state index in [0.29, 0.717) is 56.7 Å². The molecule has 3 saturated heterocycles. The Morgan fingerprint density at radius 3 is 2.66 bits per heavy atom. The fourth-order valence-electron chi connectivity index (χ4n) is 4.64. The fraction of sp³-hybridized carbons (Fsp3) is 0.600. The Kier molecular flexibility index (Phi) is 5.38. The van der Waals surface area contributed by atoms with Crippen LogP contribution in [0.1, 0.15) is 23.8 Å². The van der Waals surface area contributed by atoms with Crippen LogP contribution in [-0.4, -0.2) is 99.6 Å². The molecule has 11 nitrogen and oxygen atoms in total. The van der Waals surface area contributed by atoms with Crippen molar-refractivity contribution in [1.29, 1.82) is 0 Å². The molecule has 1 aromatic rings. The van der Waals surface area contributed by atoms with Crippen LogP contribution in [0, 0.1) is 5.92 Å². The zero-order valence-corrected chi connectivity index (χ0v) is 18.3. The van der Waals surface area contributed by atoms with E-state index < -0.39 is 18.0 Å². The molecule has 5 rings (SSSR count). The molecule has 1 aromatic heterocycles. The molecule has 4 aliphatic heterocycles. The van der Waals surface area contributed by atoms with E-state index in [4.69, 9.17) is 9.15 Å². The van der Waals surface area contributed by atoms with E-state index in [9.17, 15) is 24.6 Å². The van der Waals surface area contributed by atoms with Gasteiger partial charge >= 0.3 is 5.97 Å². The summed E-state index contributed by atoms with van der Waals surface area (Å²) in [6.07, 6.45) is 1.01. The number of rotatable bonds is 6. The van der Waals surface area contributed by atoms with Crippen LogP contribution < -0.4 is 4.90 Å². The summed E-state index contributed by atoms with van der Waals surface area (Å²) in [5, 5.41) is 19.6. The number of ether oxygens (including phenoxy) is 1. The number of β-lactam (4-membered cyclic amide) rings is 1. The van der Waals surface area contributed by atoms with Crippen LogP contribution in [0.4, 0.5) is 6.01 Å². The third-order valence-electron chi connectivity index (χ3n) is 6.33. The zero-order valence-electron chi connectivity index (χ0n) is 17.5. The van der Waals surface area contributed by atoms with Crippen LogP contribution in [0.25, 0.3) is 0 Å². The Bertz CT molecular complexity index is 980. The Morgan fingerprint density at radius 2 is 2.00 bits per heavy atom. The summed E-state index contributed by atoms with van der Waals surface area (Å²) in [6, 6.07) is 0.0817. The summed E-state index contributed by atoms with van der Waals surface area (Å²) in [6.45, 7) is 4.82. The Labute approximate surface area is 188 Å². The number of fused-ring (bicyclic) bond motifs is 1. The number of oxazole rings is 1. The van der Waals surface area contributed by atoms with Crippen molar-refractivity contribution < 1.29 is 33.8 Å². The smallest absolute Gasteiger partial charge is 0.353 e. The first-order chi connectivity index (χ1) is 15.3. The molecule has 3 fully saturated rings. The van der Waals surface area contributed by atoms with E-state index >= 15 is 0 Å². The average Bonchev–Trinajstić information content (AvgIpc) is 3.33. The number of carbonyl (C=O) groups is 3. The molecule has 172 valence electrons. The lowest BCUT2D eigenvalue weighted by molar-refractivity contribution is -0.161. The van der Waals surface area contributed by atoms with E-state index in [1.54, 1.807) is 11.8 Å². The quantitative estimate of drug-likeness (QED) is 0.553. The lowest BCUT2D eigenvalue weighted by atomic mass is 9.83. The van der Waals surface area contributed by atoms with Crippen LogP contribution in [0.5, 0.6) is 0 Å². The molecule has 5 heterocycles. The van der Waals surface area contributed by atoms with Crippen molar-refractivity contribution >= 4 is 35.6 Å². The number of anilines is 1. The van der Waals surface area contributed by atoms with E-state index in [1.807, 2.05) is 4.90 Å². The topological polar surface area (TPSA) is 137 Å². The van der Waals surface area contributed by atoms with Crippen LogP contribution in [-0.2, 0) is 14.3 Å². The monoisotopic (exact) mass is 464 g/mol. The molecule has 2 N–H and O–H groups in total. The molecule has 4 aliphatic rings. The second kappa shape index (κ2) is 8.09. The third-order valence-corrected chi connectivity index (χ3v) is 7.60. The highest BCUT2D eigenvalue weighted by molar-refractivity contribution is 8.03. The third kappa shape index (κ3) is 3.46. The largest absolute Gasteiger partial charge is 0.477 e. The van der Waals surface area contributed by atoms with Crippen molar-refractivity contribution in [2.75, 3.05) is 44.3 Å². The van der Waals surface area contributed by atoms with Gasteiger partial charge in [0.2, 0.25) is 5.91 Å². The van der Waals surface area contributed by atoms with Gasteiger partial charge in [0.15, 0.2) is 5.69 Å². The molecule has 12 heteroatoms. The van der Waals surface area contributed by atoms with Gasteiger partial charge in [0, 0.05) is 42.8 Å².